The summed E-state index contributed by atoms with van der Waals surface area (Å²) in [4.78, 5) is 0. The SMILES string of the molecule is OC1CCCCc2occc21. The highest BCUT2D eigenvalue weighted by atomic mass is 16.3. The highest BCUT2D eigenvalue weighted by molar-refractivity contribution is 5.20. The molecule has 0 amide bonds. The minimum absolute atomic E-state index is 0.286. The molecule has 0 radical (unpaired) electrons. The first-order valence-corrected chi connectivity index (χ1v) is 4.12. The van der Waals surface area contributed by atoms with E-state index in [4.69, 9.17) is 4.42 Å². The molecule has 2 nitrogen and oxygen atoms in total. The number of aryl methyl sites for hydroxylation is 1. The largest absolute Gasteiger partial charge is 0.469 e. The molecular formula is C9H12O2. The van der Waals surface area contributed by atoms with Crippen LogP contribution < -0.4 is 0 Å². The topological polar surface area (TPSA) is 33.4 Å². The van der Waals surface area contributed by atoms with Crippen LogP contribution in [0.3, 0.4) is 0 Å². The zero-order valence-electron chi connectivity index (χ0n) is 6.42. The van der Waals surface area contributed by atoms with Gasteiger partial charge in [0.25, 0.3) is 0 Å². The van der Waals surface area contributed by atoms with Crippen LogP contribution in [-0.2, 0) is 6.42 Å². The van der Waals surface area contributed by atoms with Crippen molar-refractivity contribution < 1.29 is 9.52 Å². The Bertz CT molecular complexity index is 239. The van der Waals surface area contributed by atoms with Gasteiger partial charge in [-0.25, -0.2) is 0 Å². The molecule has 1 aliphatic rings. The van der Waals surface area contributed by atoms with Crippen LogP contribution in [0.1, 0.15) is 36.7 Å². The molecule has 2 heteroatoms. The summed E-state index contributed by atoms with van der Waals surface area (Å²) in [5.74, 6) is 0.981. The summed E-state index contributed by atoms with van der Waals surface area (Å²) in [6.45, 7) is 0. The standard InChI is InChI=1S/C9H12O2/c10-8-3-1-2-4-9-7(8)5-6-11-9/h5-6,8,10H,1-4H2. The van der Waals surface area contributed by atoms with Gasteiger partial charge < -0.3 is 9.52 Å². The van der Waals surface area contributed by atoms with Crippen molar-refractivity contribution >= 4 is 0 Å². The number of aliphatic hydroxyl groups is 1. The molecule has 0 bridgehead atoms. The molecule has 0 spiro atoms. The van der Waals surface area contributed by atoms with Crippen LogP contribution in [-0.4, -0.2) is 5.11 Å². The van der Waals surface area contributed by atoms with Crippen molar-refractivity contribution in [3.05, 3.63) is 23.7 Å². The van der Waals surface area contributed by atoms with Crippen molar-refractivity contribution in [3.63, 3.8) is 0 Å². The summed E-state index contributed by atoms with van der Waals surface area (Å²) in [7, 11) is 0. The minimum atomic E-state index is -0.286. The molecule has 1 aliphatic carbocycles. The van der Waals surface area contributed by atoms with Gasteiger partial charge in [-0.2, -0.15) is 0 Å². The maximum Gasteiger partial charge on any atom is 0.109 e. The average Bonchev–Trinajstić information content (AvgIpc) is 2.40. The fourth-order valence-electron chi connectivity index (χ4n) is 1.63. The van der Waals surface area contributed by atoms with Crippen molar-refractivity contribution in [2.24, 2.45) is 0 Å². The van der Waals surface area contributed by atoms with Crippen LogP contribution in [0.4, 0.5) is 0 Å². The smallest absolute Gasteiger partial charge is 0.109 e. The van der Waals surface area contributed by atoms with E-state index in [1.165, 1.54) is 0 Å². The number of furan rings is 1. The van der Waals surface area contributed by atoms with E-state index >= 15 is 0 Å². The maximum atomic E-state index is 9.57. The van der Waals surface area contributed by atoms with Gasteiger partial charge >= 0.3 is 0 Å². The molecule has 0 aromatic carbocycles. The van der Waals surface area contributed by atoms with Crippen molar-refractivity contribution in [1.82, 2.24) is 0 Å². The van der Waals surface area contributed by atoms with Crippen LogP contribution in [0.25, 0.3) is 0 Å². The Morgan fingerprint density at radius 3 is 3.27 bits per heavy atom. The summed E-state index contributed by atoms with van der Waals surface area (Å²) in [5.41, 5.74) is 1.00. The molecule has 1 N–H and O–H groups in total. The lowest BCUT2D eigenvalue weighted by molar-refractivity contribution is 0.166. The van der Waals surface area contributed by atoms with E-state index in [0.717, 1.165) is 37.0 Å². The van der Waals surface area contributed by atoms with E-state index in [0.29, 0.717) is 0 Å². The predicted octanol–water partition coefficient (Wildman–Crippen LogP) is 2.04. The van der Waals surface area contributed by atoms with E-state index < -0.39 is 0 Å². The van der Waals surface area contributed by atoms with Crippen LogP contribution >= 0.6 is 0 Å². The fraction of sp³-hybridized carbons (Fsp3) is 0.556. The lowest BCUT2D eigenvalue weighted by Crippen LogP contribution is -1.94. The van der Waals surface area contributed by atoms with E-state index in [2.05, 4.69) is 0 Å². The van der Waals surface area contributed by atoms with Gasteiger partial charge in [-0.15, -0.1) is 0 Å². The van der Waals surface area contributed by atoms with Crippen molar-refractivity contribution in [2.45, 2.75) is 31.8 Å². The molecule has 0 saturated carbocycles. The molecular weight excluding hydrogens is 140 g/mol. The Morgan fingerprint density at radius 2 is 2.36 bits per heavy atom. The third-order valence-corrected chi connectivity index (χ3v) is 2.27. The van der Waals surface area contributed by atoms with Gasteiger partial charge in [0, 0.05) is 12.0 Å². The fourth-order valence-corrected chi connectivity index (χ4v) is 1.63. The van der Waals surface area contributed by atoms with Crippen LogP contribution in [0, 0.1) is 0 Å². The van der Waals surface area contributed by atoms with Gasteiger partial charge in [-0.3, -0.25) is 0 Å². The first-order valence-electron chi connectivity index (χ1n) is 4.12. The summed E-state index contributed by atoms with van der Waals surface area (Å²) in [6.07, 6.45) is 5.49. The molecule has 0 aliphatic heterocycles. The van der Waals surface area contributed by atoms with Crippen molar-refractivity contribution in [3.8, 4) is 0 Å². The van der Waals surface area contributed by atoms with Gasteiger partial charge in [0.1, 0.15) is 5.76 Å². The van der Waals surface area contributed by atoms with Crippen LogP contribution in [0.2, 0.25) is 0 Å². The first kappa shape index (κ1) is 6.92. The van der Waals surface area contributed by atoms with Crippen LogP contribution in [0.5, 0.6) is 0 Å². The average molecular weight is 152 g/mol. The second-order valence-electron chi connectivity index (χ2n) is 3.06. The van der Waals surface area contributed by atoms with Gasteiger partial charge in [0.15, 0.2) is 0 Å². The second kappa shape index (κ2) is 2.70. The van der Waals surface area contributed by atoms with Gasteiger partial charge in [-0.1, -0.05) is 6.42 Å². The molecule has 11 heavy (non-hydrogen) atoms. The van der Waals surface area contributed by atoms with Crippen molar-refractivity contribution in [2.75, 3.05) is 0 Å². The Hall–Kier alpha value is -0.760. The second-order valence-corrected chi connectivity index (χ2v) is 3.06. The molecule has 2 rings (SSSR count). The van der Waals surface area contributed by atoms with E-state index in [1.54, 1.807) is 6.26 Å². The number of hydrogen-bond acceptors (Lipinski definition) is 2. The lowest BCUT2D eigenvalue weighted by Gasteiger charge is -2.04. The minimum Gasteiger partial charge on any atom is -0.469 e. The predicted molar refractivity (Wildman–Crippen MR) is 41.2 cm³/mol. The zero-order valence-corrected chi connectivity index (χ0v) is 6.42. The molecule has 60 valence electrons. The highest BCUT2D eigenvalue weighted by Crippen LogP contribution is 2.28. The molecule has 1 aromatic rings. The van der Waals surface area contributed by atoms with Crippen molar-refractivity contribution in [1.29, 1.82) is 0 Å². The summed E-state index contributed by atoms with van der Waals surface area (Å²) in [6, 6.07) is 1.88. The Kier molecular flexibility index (Phi) is 1.70. The third-order valence-electron chi connectivity index (χ3n) is 2.27. The lowest BCUT2D eigenvalue weighted by atomic mass is 10.1. The molecule has 1 atom stereocenters. The summed E-state index contributed by atoms with van der Waals surface area (Å²) >= 11 is 0. The zero-order chi connectivity index (χ0) is 7.68. The molecule has 1 unspecified atom stereocenters. The van der Waals surface area contributed by atoms with Gasteiger partial charge in [0.2, 0.25) is 0 Å². The molecule has 0 fully saturated rings. The quantitative estimate of drug-likeness (QED) is 0.577. The monoisotopic (exact) mass is 152 g/mol. The van der Waals surface area contributed by atoms with E-state index in [1.807, 2.05) is 6.07 Å². The van der Waals surface area contributed by atoms with E-state index in [9.17, 15) is 5.11 Å². The highest BCUT2D eigenvalue weighted by Gasteiger charge is 2.17. The number of rotatable bonds is 0. The molecule has 1 aromatic heterocycles. The Labute approximate surface area is 65.8 Å². The van der Waals surface area contributed by atoms with E-state index in [-0.39, 0.29) is 6.10 Å². The summed E-state index contributed by atoms with van der Waals surface area (Å²) in [5, 5.41) is 9.57. The third kappa shape index (κ3) is 1.18. The normalized spacial score (nSPS) is 24.3. The van der Waals surface area contributed by atoms with Gasteiger partial charge in [0.05, 0.1) is 12.4 Å². The Morgan fingerprint density at radius 1 is 1.45 bits per heavy atom. The summed E-state index contributed by atoms with van der Waals surface area (Å²) < 4.78 is 5.25. The molecule has 0 saturated heterocycles. The number of hydrogen-bond donors (Lipinski definition) is 1. The van der Waals surface area contributed by atoms with Gasteiger partial charge in [-0.05, 0) is 18.9 Å². The van der Waals surface area contributed by atoms with Crippen LogP contribution in [0.15, 0.2) is 16.7 Å². The Balaban J connectivity index is 2.34. The maximum absolute atomic E-state index is 9.57. The number of aliphatic hydroxyl groups excluding tert-OH is 1. The number of fused-ring (bicyclic) bond motifs is 1. The first-order chi connectivity index (χ1) is 5.38. The molecule has 1 heterocycles.